The van der Waals surface area contributed by atoms with Gasteiger partial charge in [-0.25, -0.2) is 4.39 Å². The molecule has 0 aliphatic carbocycles. The Hall–Kier alpha value is -4.15. The van der Waals surface area contributed by atoms with Crippen molar-refractivity contribution in [2.75, 3.05) is 18.4 Å². The van der Waals surface area contributed by atoms with Crippen LogP contribution < -0.4 is 26.0 Å². The van der Waals surface area contributed by atoms with Crippen LogP contribution in [0.25, 0.3) is 0 Å². The molecule has 0 aromatic heterocycles. The number of anilines is 1. The molecule has 4 N–H and O–H groups in total. The third-order valence-electron chi connectivity index (χ3n) is 8.35. The average Bonchev–Trinajstić information content (AvgIpc) is 3.25. The van der Waals surface area contributed by atoms with E-state index in [2.05, 4.69) is 21.3 Å². The first-order chi connectivity index (χ1) is 21.2. The van der Waals surface area contributed by atoms with E-state index in [4.69, 9.17) is 27.9 Å². The molecule has 3 unspecified atom stereocenters. The number of piperidine rings is 1. The Morgan fingerprint density at radius 1 is 1.00 bits per heavy atom. The molecule has 3 aromatic rings. The highest BCUT2D eigenvalue weighted by Crippen LogP contribution is 2.59. The van der Waals surface area contributed by atoms with Gasteiger partial charge in [-0.1, -0.05) is 35.3 Å². The van der Waals surface area contributed by atoms with Gasteiger partial charge in [0.1, 0.15) is 17.0 Å². The van der Waals surface area contributed by atoms with Gasteiger partial charge in [-0.05, 0) is 79.9 Å². The summed E-state index contributed by atoms with van der Waals surface area (Å²) < 4.78 is 21.1. The lowest BCUT2D eigenvalue weighted by molar-refractivity contribution is -0.135. The first-order valence-corrected chi connectivity index (χ1v) is 15.2. The van der Waals surface area contributed by atoms with Gasteiger partial charge in [0, 0.05) is 53.6 Å². The number of halogens is 3. The van der Waals surface area contributed by atoms with Crippen molar-refractivity contribution < 1.29 is 28.3 Å². The fourth-order valence-electron chi connectivity index (χ4n) is 6.28. The Morgan fingerprint density at radius 3 is 2.42 bits per heavy atom. The fraction of sp³-hybridized carbons (Fsp3) is 0.333. The Morgan fingerprint density at radius 2 is 1.69 bits per heavy atom. The summed E-state index contributed by atoms with van der Waals surface area (Å²) in [5.41, 5.74) is -0.322. The number of aryl methyl sites for hydroxylation is 1. The molecule has 12 heteroatoms. The molecule has 2 aliphatic rings. The lowest BCUT2D eigenvalue weighted by Gasteiger charge is -2.47. The number of fused-ring (bicyclic) bond motifs is 2. The van der Waals surface area contributed by atoms with Crippen molar-refractivity contribution in [1.29, 1.82) is 0 Å². The molecule has 5 rings (SSSR count). The standard InChI is InChI=1S/C33H33Cl2FN4O5/c1-17-5-8-21(36)15-22(17)29-33(24-9-6-20(35)14-26(24)39-31(33)44)25(16-28(42)40-29)23-13-19(34)7-10-27(23)45-32(3,4)30(43)38-12-11-37-18(2)41/h5-10,13-15,25,29H,11-12,16H2,1-4H3,(H,37,41)(H,38,43)(H,39,44)(H,40,42). The van der Waals surface area contributed by atoms with Gasteiger partial charge in [0.2, 0.25) is 17.7 Å². The van der Waals surface area contributed by atoms with Gasteiger partial charge in [0.25, 0.3) is 5.91 Å². The van der Waals surface area contributed by atoms with Crippen molar-refractivity contribution in [2.24, 2.45) is 0 Å². The molecule has 45 heavy (non-hydrogen) atoms. The highest BCUT2D eigenvalue weighted by Gasteiger charge is 2.62. The van der Waals surface area contributed by atoms with Gasteiger partial charge in [0.05, 0.1) is 6.04 Å². The average molecular weight is 656 g/mol. The molecule has 9 nitrogen and oxygen atoms in total. The first-order valence-electron chi connectivity index (χ1n) is 14.4. The molecule has 3 aromatic carbocycles. The van der Waals surface area contributed by atoms with Crippen molar-refractivity contribution in [3.05, 3.63) is 92.7 Å². The molecule has 2 aliphatic heterocycles. The number of hydrogen-bond acceptors (Lipinski definition) is 5. The van der Waals surface area contributed by atoms with Crippen molar-refractivity contribution in [3.63, 3.8) is 0 Å². The second kappa shape index (κ2) is 12.3. The molecule has 0 radical (unpaired) electrons. The third kappa shape index (κ3) is 6.09. The molecule has 236 valence electrons. The SMILES string of the molecule is CC(=O)NCCNC(=O)C(C)(C)Oc1ccc(Cl)cc1C1CC(=O)NC(c2cc(F)ccc2C)C12C(=O)Nc1cc(Cl)ccc12. The topological polar surface area (TPSA) is 126 Å². The molecule has 1 fully saturated rings. The predicted octanol–water partition coefficient (Wildman–Crippen LogP) is 5.09. The maximum atomic E-state index is 14.7. The lowest BCUT2D eigenvalue weighted by Crippen LogP contribution is -2.57. The minimum atomic E-state index is -1.49. The Balaban J connectivity index is 1.65. The zero-order chi connectivity index (χ0) is 32.7. The van der Waals surface area contributed by atoms with E-state index in [9.17, 15) is 23.6 Å². The minimum absolute atomic E-state index is 0.138. The van der Waals surface area contributed by atoms with E-state index in [1.807, 2.05) is 0 Å². The van der Waals surface area contributed by atoms with Crippen LogP contribution in [0.5, 0.6) is 5.75 Å². The van der Waals surface area contributed by atoms with Crippen LogP contribution in [-0.4, -0.2) is 42.3 Å². The molecule has 0 saturated carbocycles. The van der Waals surface area contributed by atoms with Gasteiger partial charge in [-0.2, -0.15) is 0 Å². The minimum Gasteiger partial charge on any atom is -0.478 e. The van der Waals surface area contributed by atoms with Crippen molar-refractivity contribution in [3.8, 4) is 5.75 Å². The summed E-state index contributed by atoms with van der Waals surface area (Å²) in [6, 6.07) is 13.1. The van der Waals surface area contributed by atoms with Crippen LogP contribution >= 0.6 is 23.2 Å². The van der Waals surface area contributed by atoms with Crippen LogP contribution in [0, 0.1) is 12.7 Å². The van der Waals surface area contributed by atoms with Gasteiger partial charge < -0.3 is 26.0 Å². The maximum Gasteiger partial charge on any atom is 0.263 e. The van der Waals surface area contributed by atoms with Gasteiger partial charge in [-0.3, -0.25) is 19.2 Å². The number of rotatable bonds is 8. The monoisotopic (exact) mass is 654 g/mol. The highest BCUT2D eigenvalue weighted by atomic mass is 35.5. The molecule has 3 atom stereocenters. The summed E-state index contributed by atoms with van der Waals surface area (Å²) in [5, 5.41) is 12.0. The van der Waals surface area contributed by atoms with Crippen molar-refractivity contribution in [2.45, 2.75) is 57.1 Å². The normalized spacial score (nSPS) is 20.7. The molecular weight excluding hydrogens is 622 g/mol. The number of nitrogens with one attached hydrogen (secondary N) is 4. The quantitative estimate of drug-likeness (QED) is 0.252. The van der Waals surface area contributed by atoms with E-state index in [-0.39, 0.29) is 37.1 Å². The summed E-state index contributed by atoms with van der Waals surface area (Å²) >= 11 is 12.8. The molecule has 2 heterocycles. The first kappa shape index (κ1) is 32.2. The predicted molar refractivity (Wildman–Crippen MR) is 169 cm³/mol. The van der Waals surface area contributed by atoms with Crippen LogP contribution in [0.4, 0.5) is 10.1 Å². The van der Waals surface area contributed by atoms with Crippen molar-refractivity contribution in [1.82, 2.24) is 16.0 Å². The summed E-state index contributed by atoms with van der Waals surface area (Å²) in [5.74, 6) is -2.59. The number of benzene rings is 3. The molecule has 1 spiro atoms. The molecule has 1 saturated heterocycles. The molecular formula is C33H33Cl2FN4O5. The Bertz CT molecular complexity index is 1710. The number of ether oxygens (including phenoxy) is 1. The van der Waals surface area contributed by atoms with Crippen LogP contribution in [0.3, 0.4) is 0 Å². The highest BCUT2D eigenvalue weighted by molar-refractivity contribution is 6.31. The summed E-state index contributed by atoms with van der Waals surface area (Å²) in [6.07, 6.45) is -0.138. The summed E-state index contributed by atoms with van der Waals surface area (Å²) in [7, 11) is 0. The molecule has 4 amide bonds. The van der Waals surface area contributed by atoms with E-state index in [1.165, 1.54) is 19.1 Å². The third-order valence-corrected chi connectivity index (χ3v) is 8.82. The van der Waals surface area contributed by atoms with Gasteiger partial charge in [-0.15, -0.1) is 0 Å². The van der Waals surface area contributed by atoms with E-state index < -0.39 is 40.6 Å². The zero-order valence-electron chi connectivity index (χ0n) is 25.1. The molecule has 0 bridgehead atoms. The van der Waals surface area contributed by atoms with Gasteiger partial charge in [0.15, 0.2) is 5.60 Å². The fourth-order valence-corrected chi connectivity index (χ4v) is 6.63. The van der Waals surface area contributed by atoms with E-state index >= 15 is 0 Å². The number of carbonyl (C=O) groups is 4. The van der Waals surface area contributed by atoms with Crippen LogP contribution in [0.15, 0.2) is 54.6 Å². The van der Waals surface area contributed by atoms with Gasteiger partial charge >= 0.3 is 0 Å². The smallest absolute Gasteiger partial charge is 0.263 e. The number of carbonyl (C=O) groups excluding carboxylic acids is 4. The zero-order valence-corrected chi connectivity index (χ0v) is 26.7. The van der Waals surface area contributed by atoms with Crippen molar-refractivity contribution >= 4 is 52.5 Å². The summed E-state index contributed by atoms with van der Waals surface area (Å²) in [4.78, 5) is 52.3. The maximum absolute atomic E-state index is 14.7. The van der Waals surface area contributed by atoms with E-state index in [0.717, 1.165) is 0 Å². The Labute approximate surface area is 270 Å². The van der Waals surface area contributed by atoms with E-state index in [0.29, 0.717) is 38.0 Å². The number of hydrogen-bond donors (Lipinski definition) is 4. The van der Waals surface area contributed by atoms with E-state index in [1.54, 1.807) is 63.2 Å². The van der Waals surface area contributed by atoms with Crippen LogP contribution in [0.2, 0.25) is 10.0 Å². The van der Waals surface area contributed by atoms with Crippen LogP contribution in [-0.2, 0) is 24.6 Å². The van der Waals surface area contributed by atoms with Crippen LogP contribution in [0.1, 0.15) is 61.4 Å². The second-order valence-electron chi connectivity index (χ2n) is 11.8. The number of amides is 4. The summed E-state index contributed by atoms with van der Waals surface area (Å²) in [6.45, 7) is 6.75. The lowest BCUT2D eigenvalue weighted by atomic mass is 9.59. The Kier molecular flexibility index (Phi) is 8.83. The largest absolute Gasteiger partial charge is 0.478 e. The second-order valence-corrected chi connectivity index (χ2v) is 12.7.